The first-order valence-corrected chi connectivity index (χ1v) is 4.21. The second-order valence-electron chi connectivity index (χ2n) is 3.76. The van der Waals surface area contributed by atoms with Gasteiger partial charge in [-0.25, -0.2) is 0 Å². The van der Waals surface area contributed by atoms with E-state index in [1.54, 1.807) is 0 Å². The minimum atomic E-state index is 0.147. The van der Waals surface area contributed by atoms with Crippen LogP contribution in [0.2, 0.25) is 0 Å². The largest absolute Gasteiger partial charge is 0.314 e. The number of aromatic nitrogens is 2. The Bertz CT molecular complexity index is 250. The van der Waals surface area contributed by atoms with Gasteiger partial charge in [-0.3, -0.25) is 4.68 Å². The van der Waals surface area contributed by atoms with Crippen molar-refractivity contribution in [3.63, 3.8) is 0 Å². The van der Waals surface area contributed by atoms with Gasteiger partial charge >= 0.3 is 0 Å². The Morgan fingerprint density at radius 3 is 2.67 bits per heavy atom. The minimum Gasteiger partial charge on any atom is -0.314 e. The molecule has 0 saturated heterocycles. The molecule has 0 amide bonds. The lowest BCUT2D eigenvalue weighted by Crippen LogP contribution is -2.38. The van der Waals surface area contributed by atoms with Gasteiger partial charge in [0.05, 0.1) is 0 Å². The van der Waals surface area contributed by atoms with Crippen molar-refractivity contribution in [2.24, 2.45) is 7.05 Å². The molecule has 0 aliphatic carbocycles. The fraction of sp³-hybridized carbons (Fsp3) is 0.667. The average Bonchev–Trinajstić information content (AvgIpc) is 2.36. The highest BCUT2D eigenvalue weighted by molar-refractivity contribution is 5.04. The Morgan fingerprint density at radius 2 is 2.25 bits per heavy atom. The third-order valence-corrected chi connectivity index (χ3v) is 2.22. The highest BCUT2D eigenvalue weighted by atomic mass is 15.3. The zero-order chi connectivity index (χ0) is 9.19. The third kappa shape index (κ3) is 2.08. The molecule has 0 aliphatic heterocycles. The van der Waals surface area contributed by atoms with E-state index in [4.69, 9.17) is 0 Å². The average molecular weight is 167 g/mol. The highest BCUT2D eigenvalue weighted by Crippen LogP contribution is 2.10. The number of hydrogen-bond donors (Lipinski definition) is 1. The fourth-order valence-corrected chi connectivity index (χ4v) is 1.12. The maximum atomic E-state index is 4.12. The van der Waals surface area contributed by atoms with E-state index in [1.807, 2.05) is 25.0 Å². The van der Waals surface area contributed by atoms with Crippen LogP contribution >= 0.6 is 0 Å². The Hall–Kier alpha value is -0.830. The standard InChI is InChI=1S/C9H17N3/c1-9(2,10-3)7-8-5-6-11-12(8)4/h5-6,10H,7H2,1-4H3. The van der Waals surface area contributed by atoms with Crippen LogP contribution in [0, 0.1) is 0 Å². The van der Waals surface area contributed by atoms with Gasteiger partial charge in [0.2, 0.25) is 0 Å². The second kappa shape index (κ2) is 3.27. The number of hydrogen-bond acceptors (Lipinski definition) is 2. The summed E-state index contributed by atoms with van der Waals surface area (Å²) >= 11 is 0. The molecule has 0 saturated carbocycles. The summed E-state index contributed by atoms with van der Waals surface area (Å²) in [5.41, 5.74) is 1.41. The molecular weight excluding hydrogens is 150 g/mol. The Kier molecular flexibility index (Phi) is 2.52. The summed E-state index contributed by atoms with van der Waals surface area (Å²) in [5, 5.41) is 7.39. The molecule has 1 rings (SSSR count). The molecule has 0 atom stereocenters. The van der Waals surface area contributed by atoms with E-state index in [0.717, 1.165) is 6.42 Å². The summed E-state index contributed by atoms with van der Waals surface area (Å²) in [6, 6.07) is 2.05. The zero-order valence-corrected chi connectivity index (χ0v) is 8.26. The van der Waals surface area contributed by atoms with Gasteiger partial charge in [0.15, 0.2) is 0 Å². The summed E-state index contributed by atoms with van der Waals surface area (Å²) in [6.45, 7) is 4.36. The van der Waals surface area contributed by atoms with E-state index >= 15 is 0 Å². The maximum Gasteiger partial charge on any atom is 0.0492 e. The van der Waals surface area contributed by atoms with E-state index in [1.165, 1.54) is 5.69 Å². The van der Waals surface area contributed by atoms with E-state index < -0.39 is 0 Å². The molecule has 0 spiro atoms. The van der Waals surface area contributed by atoms with Crippen molar-refractivity contribution >= 4 is 0 Å². The maximum absolute atomic E-state index is 4.12. The first-order valence-electron chi connectivity index (χ1n) is 4.21. The van der Waals surface area contributed by atoms with E-state index in [-0.39, 0.29) is 5.54 Å². The molecule has 3 nitrogen and oxygen atoms in total. The third-order valence-electron chi connectivity index (χ3n) is 2.22. The molecule has 0 fully saturated rings. The molecule has 12 heavy (non-hydrogen) atoms. The molecule has 1 N–H and O–H groups in total. The van der Waals surface area contributed by atoms with Crippen molar-refractivity contribution in [2.45, 2.75) is 25.8 Å². The predicted molar refractivity (Wildman–Crippen MR) is 50.1 cm³/mol. The zero-order valence-electron chi connectivity index (χ0n) is 8.26. The van der Waals surface area contributed by atoms with Gasteiger partial charge in [-0.2, -0.15) is 5.10 Å². The lowest BCUT2D eigenvalue weighted by Gasteiger charge is -2.23. The summed E-state index contributed by atoms with van der Waals surface area (Å²) in [5.74, 6) is 0. The van der Waals surface area contributed by atoms with Crippen molar-refractivity contribution < 1.29 is 0 Å². The van der Waals surface area contributed by atoms with Gasteiger partial charge in [-0.15, -0.1) is 0 Å². The Morgan fingerprint density at radius 1 is 1.58 bits per heavy atom. The van der Waals surface area contributed by atoms with E-state index in [0.29, 0.717) is 0 Å². The predicted octanol–water partition coefficient (Wildman–Crippen LogP) is 0.961. The SMILES string of the molecule is CNC(C)(C)Cc1ccnn1C. The van der Waals surface area contributed by atoms with Crippen LogP contribution in [0.5, 0.6) is 0 Å². The second-order valence-corrected chi connectivity index (χ2v) is 3.76. The number of likely N-dealkylation sites (N-methyl/N-ethyl adjacent to an activating group) is 1. The molecule has 1 aromatic heterocycles. The summed E-state index contributed by atoms with van der Waals surface area (Å²) < 4.78 is 1.92. The molecule has 0 aliphatic rings. The molecule has 0 unspecified atom stereocenters. The highest BCUT2D eigenvalue weighted by Gasteiger charge is 2.16. The molecule has 0 radical (unpaired) electrons. The van der Waals surface area contributed by atoms with Crippen molar-refractivity contribution in [1.82, 2.24) is 15.1 Å². The van der Waals surface area contributed by atoms with E-state index in [2.05, 4.69) is 30.3 Å². The van der Waals surface area contributed by atoms with Crippen molar-refractivity contribution in [1.29, 1.82) is 0 Å². The molecule has 0 aromatic carbocycles. The minimum absolute atomic E-state index is 0.147. The quantitative estimate of drug-likeness (QED) is 0.726. The normalized spacial score (nSPS) is 12.0. The molecule has 1 heterocycles. The molecule has 0 bridgehead atoms. The van der Waals surface area contributed by atoms with Crippen LogP contribution < -0.4 is 5.32 Å². The van der Waals surface area contributed by atoms with Crippen molar-refractivity contribution in [3.8, 4) is 0 Å². The summed E-state index contributed by atoms with van der Waals surface area (Å²) in [6.07, 6.45) is 2.83. The van der Waals surface area contributed by atoms with Gasteiger partial charge in [-0.05, 0) is 27.0 Å². The first kappa shape index (κ1) is 9.26. The van der Waals surface area contributed by atoms with Gasteiger partial charge in [-0.1, -0.05) is 0 Å². The summed E-state index contributed by atoms with van der Waals surface area (Å²) in [7, 11) is 3.96. The smallest absolute Gasteiger partial charge is 0.0492 e. The van der Waals surface area contributed by atoms with E-state index in [9.17, 15) is 0 Å². The van der Waals surface area contributed by atoms with Crippen LogP contribution in [-0.2, 0) is 13.5 Å². The lowest BCUT2D eigenvalue weighted by atomic mass is 9.99. The van der Waals surface area contributed by atoms with Crippen LogP contribution in [0.1, 0.15) is 19.5 Å². The van der Waals surface area contributed by atoms with Crippen LogP contribution in [0.15, 0.2) is 12.3 Å². The first-order chi connectivity index (χ1) is 5.55. The number of rotatable bonds is 3. The van der Waals surface area contributed by atoms with Crippen LogP contribution in [0.3, 0.4) is 0 Å². The molecule has 1 aromatic rings. The van der Waals surface area contributed by atoms with Gasteiger partial charge in [0.25, 0.3) is 0 Å². The Balaban J connectivity index is 2.70. The van der Waals surface area contributed by atoms with Crippen LogP contribution in [-0.4, -0.2) is 22.4 Å². The number of nitrogens with one attached hydrogen (secondary N) is 1. The lowest BCUT2D eigenvalue weighted by molar-refractivity contribution is 0.410. The summed E-state index contributed by atoms with van der Waals surface area (Å²) in [4.78, 5) is 0. The molecule has 3 heteroatoms. The monoisotopic (exact) mass is 167 g/mol. The van der Waals surface area contributed by atoms with Crippen molar-refractivity contribution in [3.05, 3.63) is 18.0 Å². The van der Waals surface area contributed by atoms with Gasteiger partial charge in [0.1, 0.15) is 0 Å². The number of nitrogens with zero attached hydrogens (tertiary/aromatic N) is 2. The molecular formula is C9H17N3. The Labute approximate surface area is 73.8 Å². The molecule has 68 valence electrons. The number of aryl methyl sites for hydroxylation is 1. The van der Waals surface area contributed by atoms with Gasteiger partial charge in [0, 0.05) is 30.9 Å². The van der Waals surface area contributed by atoms with Crippen LogP contribution in [0.4, 0.5) is 0 Å². The van der Waals surface area contributed by atoms with Gasteiger partial charge < -0.3 is 5.32 Å². The van der Waals surface area contributed by atoms with Crippen molar-refractivity contribution in [2.75, 3.05) is 7.05 Å². The van der Waals surface area contributed by atoms with Crippen LogP contribution in [0.25, 0.3) is 0 Å². The topological polar surface area (TPSA) is 29.9 Å². The fourth-order valence-electron chi connectivity index (χ4n) is 1.12.